The van der Waals surface area contributed by atoms with Crippen LogP contribution in [0.4, 0.5) is 0 Å². The van der Waals surface area contributed by atoms with Crippen molar-refractivity contribution in [2.45, 2.75) is 20.0 Å². The molecule has 0 amide bonds. The largest absolute Gasteiger partial charge is 0.477 e. The summed E-state index contributed by atoms with van der Waals surface area (Å²) in [5.74, 6) is 5.56. The smallest absolute Gasteiger partial charge is 0.346 e. The number of carbonyl (C=O) groups excluding carboxylic acids is 1. The molecule has 1 atom stereocenters. The first-order valence-corrected chi connectivity index (χ1v) is 8.22. The van der Waals surface area contributed by atoms with E-state index in [0.29, 0.717) is 17.1 Å². The Kier molecular flexibility index (Phi) is 6.33. The first-order chi connectivity index (χ1) is 12.3. The van der Waals surface area contributed by atoms with Crippen molar-refractivity contribution in [3.8, 4) is 17.4 Å². The highest BCUT2D eigenvalue weighted by molar-refractivity contribution is 6.36. The lowest BCUT2D eigenvalue weighted by molar-refractivity contribution is -0.147. The number of nitrogens with zero attached hydrogens (tertiary/aromatic N) is 3. The highest BCUT2D eigenvalue weighted by Crippen LogP contribution is 2.39. The van der Waals surface area contributed by atoms with Gasteiger partial charge in [-0.05, 0) is 19.9 Å². The molecule has 1 heterocycles. The van der Waals surface area contributed by atoms with Gasteiger partial charge in [-0.25, -0.2) is 9.48 Å². The van der Waals surface area contributed by atoms with Gasteiger partial charge in [0.05, 0.1) is 34.6 Å². The molecule has 1 aromatic heterocycles. The predicted molar refractivity (Wildman–Crippen MR) is 98.4 cm³/mol. The zero-order valence-electron chi connectivity index (χ0n) is 14.6. The summed E-state index contributed by atoms with van der Waals surface area (Å²) in [4.78, 5) is 11.5. The van der Waals surface area contributed by atoms with E-state index in [1.165, 1.54) is 37.1 Å². The first kappa shape index (κ1) is 19.9. The van der Waals surface area contributed by atoms with Crippen molar-refractivity contribution in [1.82, 2.24) is 9.78 Å². The Hall–Kier alpha value is -2.45. The van der Waals surface area contributed by atoms with Crippen LogP contribution in [0.2, 0.25) is 10.0 Å². The summed E-state index contributed by atoms with van der Waals surface area (Å²) in [5.41, 5.74) is 1.28. The molecule has 1 aromatic carbocycles. The van der Waals surface area contributed by atoms with Gasteiger partial charge in [0.15, 0.2) is 11.9 Å². The third-order valence-corrected chi connectivity index (χ3v) is 4.04. The van der Waals surface area contributed by atoms with Gasteiger partial charge in [-0.2, -0.15) is 10.2 Å². The Balaban J connectivity index is 2.39. The van der Waals surface area contributed by atoms with E-state index >= 15 is 0 Å². The molecule has 0 fully saturated rings. The summed E-state index contributed by atoms with van der Waals surface area (Å²) in [6.45, 7) is 3.33. The Morgan fingerprint density at radius 3 is 2.62 bits per heavy atom. The SMILES string of the molecule is COC(=O)[C@H](C)Oc1cc(Oc2c(/C=N\N)c(C)nn2C)c(Cl)cc1Cl. The number of nitrogens with two attached hydrogens (primary N) is 1. The van der Waals surface area contributed by atoms with Crippen molar-refractivity contribution in [2.24, 2.45) is 18.0 Å². The number of aromatic nitrogens is 2. The number of aryl methyl sites for hydroxylation is 2. The van der Waals surface area contributed by atoms with E-state index in [4.69, 9.17) is 38.5 Å². The van der Waals surface area contributed by atoms with Crippen LogP contribution in [0.15, 0.2) is 17.2 Å². The molecular formula is C16H18Cl2N4O4. The molecule has 0 bridgehead atoms. The van der Waals surface area contributed by atoms with E-state index in [0.717, 1.165) is 0 Å². The topological polar surface area (TPSA) is 101 Å². The molecule has 8 nitrogen and oxygen atoms in total. The number of carbonyl (C=O) groups is 1. The van der Waals surface area contributed by atoms with E-state index in [1.54, 1.807) is 14.0 Å². The lowest BCUT2D eigenvalue weighted by Crippen LogP contribution is -2.25. The van der Waals surface area contributed by atoms with Crippen LogP contribution in [0.5, 0.6) is 17.4 Å². The lowest BCUT2D eigenvalue weighted by atomic mass is 10.2. The molecule has 140 valence electrons. The fraction of sp³-hybridized carbons (Fsp3) is 0.312. The predicted octanol–water partition coefficient (Wildman–Crippen LogP) is 3.06. The minimum atomic E-state index is -0.856. The Labute approximate surface area is 160 Å². The summed E-state index contributed by atoms with van der Waals surface area (Å²) in [7, 11) is 2.97. The lowest BCUT2D eigenvalue weighted by Gasteiger charge is -2.16. The zero-order valence-corrected chi connectivity index (χ0v) is 16.1. The number of halogens is 2. The zero-order chi connectivity index (χ0) is 19.4. The molecule has 0 spiro atoms. The number of benzene rings is 1. The quantitative estimate of drug-likeness (QED) is 0.346. The average molecular weight is 401 g/mol. The van der Waals surface area contributed by atoms with Crippen LogP contribution in [0, 0.1) is 6.92 Å². The van der Waals surface area contributed by atoms with Gasteiger partial charge in [0.2, 0.25) is 5.88 Å². The van der Waals surface area contributed by atoms with Gasteiger partial charge >= 0.3 is 5.97 Å². The van der Waals surface area contributed by atoms with Crippen molar-refractivity contribution >= 4 is 35.4 Å². The Bertz CT molecular complexity index is 851. The second-order valence-corrected chi connectivity index (χ2v) is 6.12. The van der Waals surface area contributed by atoms with Crippen LogP contribution in [0.3, 0.4) is 0 Å². The minimum Gasteiger partial charge on any atom is -0.477 e. The van der Waals surface area contributed by atoms with Crippen LogP contribution >= 0.6 is 23.2 Å². The van der Waals surface area contributed by atoms with Crippen molar-refractivity contribution in [1.29, 1.82) is 0 Å². The van der Waals surface area contributed by atoms with Crippen molar-refractivity contribution < 1.29 is 19.0 Å². The standard InChI is InChI=1S/C16H18Cl2N4O4/c1-8-10(7-20-19)15(22(3)21-8)26-14-6-13(11(17)5-12(14)18)25-9(2)16(23)24-4/h5-7,9H,19H2,1-4H3/b20-7-/t9-/m0/s1. The molecule has 0 aliphatic rings. The van der Waals surface area contributed by atoms with Crippen LogP contribution in [0.1, 0.15) is 18.2 Å². The van der Waals surface area contributed by atoms with Crippen LogP contribution in [-0.2, 0) is 16.6 Å². The third kappa shape index (κ3) is 4.20. The fourth-order valence-corrected chi connectivity index (χ4v) is 2.65. The normalized spacial score (nSPS) is 12.2. The molecule has 2 aromatic rings. The van der Waals surface area contributed by atoms with Crippen LogP contribution < -0.4 is 15.3 Å². The molecule has 0 unspecified atom stereocenters. The number of rotatable bonds is 6. The summed E-state index contributed by atoms with van der Waals surface area (Å²) in [6.07, 6.45) is 0.573. The van der Waals surface area contributed by atoms with E-state index in [2.05, 4.69) is 14.9 Å². The van der Waals surface area contributed by atoms with E-state index < -0.39 is 12.1 Å². The van der Waals surface area contributed by atoms with Gasteiger partial charge in [0, 0.05) is 13.1 Å². The number of ether oxygens (including phenoxy) is 3. The highest BCUT2D eigenvalue weighted by atomic mass is 35.5. The van der Waals surface area contributed by atoms with Crippen molar-refractivity contribution in [3.05, 3.63) is 33.4 Å². The summed E-state index contributed by atoms with van der Waals surface area (Å²) in [6, 6.07) is 2.94. The van der Waals surface area contributed by atoms with Gasteiger partial charge in [0.1, 0.15) is 5.75 Å². The molecule has 2 rings (SSSR count). The molecule has 2 N–H and O–H groups in total. The Morgan fingerprint density at radius 2 is 2.00 bits per heavy atom. The highest BCUT2D eigenvalue weighted by Gasteiger charge is 2.20. The summed E-state index contributed by atoms with van der Waals surface area (Å²) >= 11 is 12.4. The summed E-state index contributed by atoms with van der Waals surface area (Å²) < 4.78 is 17.6. The molecule has 0 radical (unpaired) electrons. The van der Waals surface area contributed by atoms with Gasteiger partial charge in [-0.15, -0.1) is 0 Å². The molecular weight excluding hydrogens is 383 g/mol. The average Bonchev–Trinajstić information content (AvgIpc) is 2.85. The molecule has 10 heteroatoms. The molecule has 26 heavy (non-hydrogen) atoms. The maximum atomic E-state index is 11.5. The monoisotopic (exact) mass is 400 g/mol. The first-order valence-electron chi connectivity index (χ1n) is 7.46. The number of hydrogen-bond acceptors (Lipinski definition) is 7. The van der Waals surface area contributed by atoms with Crippen LogP contribution in [0.25, 0.3) is 0 Å². The molecule has 0 aliphatic carbocycles. The molecule has 0 saturated carbocycles. The fourth-order valence-electron chi connectivity index (χ4n) is 2.19. The van der Waals surface area contributed by atoms with Crippen LogP contribution in [-0.4, -0.2) is 35.2 Å². The van der Waals surface area contributed by atoms with Gasteiger partial charge in [0.25, 0.3) is 0 Å². The van der Waals surface area contributed by atoms with Crippen molar-refractivity contribution in [3.63, 3.8) is 0 Å². The van der Waals surface area contributed by atoms with E-state index in [9.17, 15) is 4.79 Å². The van der Waals surface area contributed by atoms with E-state index in [-0.39, 0.29) is 21.5 Å². The number of hydrogen-bond donors (Lipinski definition) is 1. The number of esters is 1. The summed E-state index contributed by atoms with van der Waals surface area (Å²) in [5, 5.41) is 8.25. The third-order valence-electron chi connectivity index (χ3n) is 3.45. The molecule has 0 aliphatic heterocycles. The van der Waals surface area contributed by atoms with Crippen molar-refractivity contribution in [2.75, 3.05) is 7.11 Å². The Morgan fingerprint density at radius 1 is 1.35 bits per heavy atom. The maximum Gasteiger partial charge on any atom is 0.346 e. The number of hydrazone groups is 1. The van der Waals surface area contributed by atoms with Gasteiger partial charge in [-0.3, -0.25) is 0 Å². The molecule has 0 saturated heterocycles. The van der Waals surface area contributed by atoms with Gasteiger partial charge in [-0.1, -0.05) is 23.2 Å². The second-order valence-electron chi connectivity index (χ2n) is 5.30. The second kappa shape index (κ2) is 8.29. The number of methoxy groups -OCH3 is 1. The van der Waals surface area contributed by atoms with E-state index in [1.807, 2.05) is 0 Å². The minimum absolute atomic E-state index is 0.219. The maximum absolute atomic E-state index is 11.5. The van der Waals surface area contributed by atoms with Gasteiger partial charge < -0.3 is 20.1 Å².